The number of H-pyrrole nitrogens is 3. The molecule has 0 radical (unpaired) electrons. The molecule has 1 saturated heterocycles. The van der Waals surface area contributed by atoms with Gasteiger partial charge >= 0.3 is 5.69 Å². The van der Waals surface area contributed by atoms with Crippen molar-refractivity contribution >= 4 is 11.2 Å². The first-order valence-electron chi connectivity index (χ1n) is 6.58. The Morgan fingerprint density at radius 2 is 2.11 bits per heavy atom. The van der Waals surface area contributed by atoms with Gasteiger partial charge in [-0.1, -0.05) is 13.3 Å². The van der Waals surface area contributed by atoms with Crippen LogP contribution in [0.15, 0.2) is 9.59 Å². The van der Waals surface area contributed by atoms with Crippen LogP contribution in [-0.2, 0) is 5.41 Å². The maximum atomic E-state index is 11.7. The molecule has 3 heterocycles. The highest BCUT2D eigenvalue weighted by atomic mass is 16.2. The smallest absolute Gasteiger partial charge is 0.327 e. The monoisotopic (exact) mass is 263 g/mol. The quantitative estimate of drug-likeness (QED) is 0.624. The number of hydrogen-bond donors (Lipinski definition) is 4. The number of nitrogens with one attached hydrogen (secondary N) is 4. The Morgan fingerprint density at radius 3 is 2.79 bits per heavy atom. The summed E-state index contributed by atoms with van der Waals surface area (Å²) in [6.45, 7) is 3.93. The van der Waals surface area contributed by atoms with Crippen LogP contribution in [0.4, 0.5) is 0 Å². The van der Waals surface area contributed by atoms with Crippen molar-refractivity contribution in [3.63, 3.8) is 0 Å². The lowest BCUT2D eigenvalue weighted by atomic mass is 9.82. The van der Waals surface area contributed by atoms with Crippen LogP contribution in [0.1, 0.15) is 32.0 Å². The van der Waals surface area contributed by atoms with Gasteiger partial charge in [-0.25, -0.2) is 9.78 Å². The number of hydrogen-bond acceptors (Lipinski definition) is 4. The maximum absolute atomic E-state index is 11.7. The zero-order chi connectivity index (χ0) is 13.5. The van der Waals surface area contributed by atoms with Gasteiger partial charge in [0.1, 0.15) is 11.3 Å². The Bertz CT molecular complexity index is 705. The van der Waals surface area contributed by atoms with E-state index >= 15 is 0 Å². The molecular weight excluding hydrogens is 246 g/mol. The van der Waals surface area contributed by atoms with E-state index in [1.807, 2.05) is 0 Å². The van der Waals surface area contributed by atoms with Gasteiger partial charge < -0.3 is 10.3 Å². The predicted molar refractivity (Wildman–Crippen MR) is 71.4 cm³/mol. The number of aromatic amines is 3. The van der Waals surface area contributed by atoms with Gasteiger partial charge in [0.15, 0.2) is 5.65 Å². The molecule has 0 saturated carbocycles. The van der Waals surface area contributed by atoms with Crippen LogP contribution in [0.5, 0.6) is 0 Å². The van der Waals surface area contributed by atoms with Crippen molar-refractivity contribution in [2.24, 2.45) is 0 Å². The molecule has 0 aliphatic carbocycles. The van der Waals surface area contributed by atoms with Crippen molar-refractivity contribution < 1.29 is 0 Å². The van der Waals surface area contributed by atoms with Crippen LogP contribution >= 0.6 is 0 Å². The second kappa shape index (κ2) is 4.34. The van der Waals surface area contributed by atoms with Crippen molar-refractivity contribution in [3.8, 4) is 0 Å². The third-order valence-corrected chi connectivity index (χ3v) is 3.86. The molecule has 1 unspecified atom stereocenters. The van der Waals surface area contributed by atoms with Crippen LogP contribution in [0.25, 0.3) is 11.2 Å². The minimum atomic E-state index is -0.523. The average molecular weight is 263 g/mol. The standard InChI is InChI=1S/C12H17N5O2/c1-2-3-12(4-5-13-6-12)10-14-7-8(15-10)16-11(19)17-9(7)18/h13H,2-6H2,1H3,(H3,14,15,16,17,18,19). The van der Waals surface area contributed by atoms with E-state index in [0.717, 1.165) is 38.2 Å². The minimum Gasteiger partial charge on any atom is -0.336 e. The maximum Gasteiger partial charge on any atom is 0.327 e. The van der Waals surface area contributed by atoms with Gasteiger partial charge in [0.25, 0.3) is 5.56 Å². The minimum absolute atomic E-state index is 0.0584. The largest absolute Gasteiger partial charge is 0.336 e. The highest BCUT2D eigenvalue weighted by Gasteiger charge is 2.37. The van der Waals surface area contributed by atoms with Crippen molar-refractivity contribution in [2.45, 2.75) is 31.6 Å². The second-order valence-electron chi connectivity index (χ2n) is 5.17. The molecule has 1 atom stereocenters. The molecular formula is C12H17N5O2. The normalized spacial score (nSPS) is 23.2. The molecule has 4 N–H and O–H groups in total. The molecule has 1 fully saturated rings. The molecule has 0 bridgehead atoms. The van der Waals surface area contributed by atoms with Crippen LogP contribution in [0.2, 0.25) is 0 Å². The van der Waals surface area contributed by atoms with E-state index < -0.39 is 11.2 Å². The fraction of sp³-hybridized carbons (Fsp3) is 0.583. The third-order valence-electron chi connectivity index (χ3n) is 3.86. The van der Waals surface area contributed by atoms with Crippen molar-refractivity contribution in [1.82, 2.24) is 25.3 Å². The van der Waals surface area contributed by atoms with Gasteiger partial charge in [-0.2, -0.15) is 0 Å². The molecule has 7 heteroatoms. The van der Waals surface area contributed by atoms with Gasteiger partial charge in [0.05, 0.1) is 0 Å². The Kier molecular flexibility index (Phi) is 2.78. The van der Waals surface area contributed by atoms with Crippen molar-refractivity contribution in [1.29, 1.82) is 0 Å². The van der Waals surface area contributed by atoms with Gasteiger partial charge in [-0.3, -0.25) is 14.8 Å². The van der Waals surface area contributed by atoms with E-state index in [1.54, 1.807) is 0 Å². The lowest BCUT2D eigenvalue weighted by Crippen LogP contribution is -2.30. The Hall–Kier alpha value is -1.89. The summed E-state index contributed by atoms with van der Waals surface area (Å²) in [5, 5.41) is 3.35. The summed E-state index contributed by atoms with van der Waals surface area (Å²) in [4.78, 5) is 35.3. The first kappa shape index (κ1) is 12.2. The molecule has 3 rings (SSSR count). The number of rotatable bonds is 3. The molecule has 1 aliphatic heterocycles. The topological polar surface area (TPSA) is 106 Å². The summed E-state index contributed by atoms with van der Waals surface area (Å²) in [7, 11) is 0. The molecule has 1 aliphatic rings. The fourth-order valence-electron chi connectivity index (χ4n) is 2.94. The summed E-state index contributed by atoms with van der Waals surface area (Å²) in [5.41, 5.74) is -0.320. The van der Waals surface area contributed by atoms with E-state index in [4.69, 9.17) is 0 Å². The van der Waals surface area contributed by atoms with Crippen LogP contribution in [0, 0.1) is 0 Å². The number of aromatic nitrogens is 4. The molecule has 7 nitrogen and oxygen atoms in total. The molecule has 19 heavy (non-hydrogen) atoms. The lowest BCUT2D eigenvalue weighted by molar-refractivity contribution is 0.406. The van der Waals surface area contributed by atoms with Crippen molar-refractivity contribution in [2.75, 3.05) is 13.1 Å². The fourth-order valence-corrected chi connectivity index (χ4v) is 2.94. The molecule has 0 amide bonds. The first-order chi connectivity index (χ1) is 9.14. The predicted octanol–water partition coefficient (Wildman–Crippen LogP) is -0.0293. The SMILES string of the molecule is CCCC1(c2nc3[nH]c(=O)[nH]c(=O)c3[nH]2)CCNC1. The van der Waals surface area contributed by atoms with Crippen molar-refractivity contribution in [3.05, 3.63) is 26.7 Å². The third kappa shape index (κ3) is 1.90. The number of fused-ring (bicyclic) bond motifs is 1. The highest BCUT2D eigenvalue weighted by molar-refractivity contribution is 5.69. The van der Waals surface area contributed by atoms with Gasteiger partial charge in [0, 0.05) is 12.0 Å². The highest BCUT2D eigenvalue weighted by Crippen LogP contribution is 2.33. The average Bonchev–Trinajstić information content (AvgIpc) is 2.96. The van der Waals surface area contributed by atoms with E-state index in [9.17, 15) is 9.59 Å². The van der Waals surface area contributed by atoms with E-state index in [1.165, 1.54) is 0 Å². The summed E-state index contributed by atoms with van der Waals surface area (Å²) < 4.78 is 0. The number of imidazole rings is 1. The summed E-state index contributed by atoms with van der Waals surface area (Å²) in [5.74, 6) is 0.793. The Labute approximate surface area is 108 Å². The molecule has 2 aromatic heterocycles. The molecule has 0 spiro atoms. The van der Waals surface area contributed by atoms with E-state index in [0.29, 0.717) is 11.2 Å². The number of nitrogens with zero attached hydrogens (tertiary/aromatic N) is 1. The van der Waals surface area contributed by atoms with Crippen LogP contribution < -0.4 is 16.6 Å². The Balaban J connectivity index is 2.17. The summed E-state index contributed by atoms with van der Waals surface area (Å²) in [6, 6.07) is 0. The van der Waals surface area contributed by atoms with Gasteiger partial charge in [-0.05, 0) is 19.4 Å². The lowest BCUT2D eigenvalue weighted by Gasteiger charge is -2.24. The summed E-state index contributed by atoms with van der Waals surface area (Å²) >= 11 is 0. The molecule has 0 aromatic carbocycles. The van der Waals surface area contributed by atoms with E-state index in [2.05, 4.69) is 32.2 Å². The van der Waals surface area contributed by atoms with Crippen LogP contribution in [0.3, 0.4) is 0 Å². The van der Waals surface area contributed by atoms with E-state index in [-0.39, 0.29) is 5.41 Å². The zero-order valence-electron chi connectivity index (χ0n) is 10.8. The van der Waals surface area contributed by atoms with Gasteiger partial charge in [0.2, 0.25) is 0 Å². The summed E-state index contributed by atoms with van der Waals surface area (Å²) in [6.07, 6.45) is 3.04. The Morgan fingerprint density at radius 1 is 1.26 bits per heavy atom. The zero-order valence-corrected chi connectivity index (χ0v) is 10.8. The first-order valence-corrected chi connectivity index (χ1v) is 6.58. The molecule has 102 valence electrons. The molecule has 2 aromatic rings. The van der Waals surface area contributed by atoms with Crippen LogP contribution in [-0.4, -0.2) is 33.0 Å². The second-order valence-corrected chi connectivity index (χ2v) is 5.17. The van der Waals surface area contributed by atoms with Gasteiger partial charge in [-0.15, -0.1) is 0 Å².